The van der Waals surface area contributed by atoms with E-state index in [1.807, 2.05) is 19.1 Å². The zero-order chi connectivity index (χ0) is 25.6. The van der Waals surface area contributed by atoms with Gasteiger partial charge < -0.3 is 18.9 Å². The van der Waals surface area contributed by atoms with Crippen LogP contribution >= 0.6 is 41.7 Å². The zero-order valence-electron chi connectivity index (χ0n) is 21.4. The van der Waals surface area contributed by atoms with E-state index < -0.39 is 0 Å². The van der Waals surface area contributed by atoms with Crippen LogP contribution < -0.4 is 9.47 Å². The lowest BCUT2D eigenvalue weighted by molar-refractivity contribution is -0.148. The van der Waals surface area contributed by atoms with Gasteiger partial charge in [0.05, 0.1) is 26.9 Å². The highest BCUT2D eigenvalue weighted by Crippen LogP contribution is 2.71. The summed E-state index contributed by atoms with van der Waals surface area (Å²) in [5.74, 6) is 1.44. The van der Waals surface area contributed by atoms with Crippen LogP contribution in [0.15, 0.2) is 18.2 Å². The van der Waals surface area contributed by atoms with Gasteiger partial charge in [-0.25, -0.2) is 0 Å². The van der Waals surface area contributed by atoms with Crippen molar-refractivity contribution in [2.75, 3.05) is 33.9 Å². The molecule has 6 nitrogen and oxygen atoms in total. The molecule has 35 heavy (non-hydrogen) atoms. The Morgan fingerprint density at radius 1 is 1.14 bits per heavy atom. The second kappa shape index (κ2) is 17.8. The summed E-state index contributed by atoms with van der Waals surface area (Å²) in [6.45, 7) is 4.76. The fourth-order valence-electron chi connectivity index (χ4n) is 4.65. The number of hydrogen-bond donors (Lipinski definition) is 0. The van der Waals surface area contributed by atoms with Gasteiger partial charge in [0.15, 0.2) is 11.5 Å². The summed E-state index contributed by atoms with van der Waals surface area (Å²) >= 11 is 0. The number of hydrogen-bond acceptors (Lipinski definition) is 6. The Bertz CT molecular complexity index is 757. The van der Waals surface area contributed by atoms with Crippen molar-refractivity contribution >= 4 is 47.7 Å². The molecule has 1 saturated carbocycles. The topological polar surface area (TPSA) is 57.2 Å². The minimum Gasteiger partial charge on any atom is -0.493 e. The number of carbonyl (C=O) groups is 1. The summed E-state index contributed by atoms with van der Waals surface area (Å²) in [6, 6.07) is 6.47. The van der Waals surface area contributed by atoms with Gasteiger partial charge in [0.2, 0.25) is 0 Å². The van der Waals surface area contributed by atoms with Crippen LogP contribution in [0, 0.1) is 0 Å². The zero-order valence-corrected chi connectivity index (χ0v) is 26.8. The molecule has 1 aliphatic heterocycles. The Kier molecular flexibility index (Phi) is 16.1. The molecule has 4 unspecified atom stereocenters. The van der Waals surface area contributed by atoms with E-state index in [1.54, 1.807) is 14.2 Å². The predicted molar refractivity (Wildman–Crippen MR) is 161 cm³/mol. The van der Waals surface area contributed by atoms with E-state index in [1.165, 1.54) is 18.4 Å². The number of rotatable bonds is 11. The average molecular weight is 581 g/mol. The Morgan fingerprint density at radius 3 is 2.51 bits per heavy atom. The number of methoxy groups -OCH3 is 2. The highest BCUT2D eigenvalue weighted by Gasteiger charge is 2.36. The molecule has 2 fully saturated rings. The van der Waals surface area contributed by atoms with Crippen molar-refractivity contribution in [1.82, 2.24) is 4.90 Å². The van der Waals surface area contributed by atoms with Gasteiger partial charge in [0.1, 0.15) is 6.10 Å². The number of carbonyl (C=O) groups excluding carboxylic acids is 1. The maximum absolute atomic E-state index is 11.8. The molecule has 0 bridgehead atoms. The largest absolute Gasteiger partial charge is 0.493 e. The summed E-state index contributed by atoms with van der Waals surface area (Å²) in [5.41, 5.74) is 1.18. The van der Waals surface area contributed by atoms with Crippen molar-refractivity contribution in [3.63, 3.8) is 0 Å². The molecule has 2 aliphatic rings. The fraction of sp³-hybridized carbons (Fsp3) is 0.708. The molecule has 0 radical (unpaired) electrons. The quantitative estimate of drug-likeness (QED) is 0.222. The second-order valence-corrected chi connectivity index (χ2v) is 22.8. The normalized spacial score (nSPS) is 22.8. The molecular formula is C24H44NO5P5. The van der Waals surface area contributed by atoms with Crippen LogP contribution in [0.5, 0.6) is 11.5 Å². The molecule has 0 spiro atoms. The first-order valence-electron chi connectivity index (χ1n) is 12.4. The highest BCUT2D eigenvalue weighted by atomic mass is 32.8. The third kappa shape index (κ3) is 11.3. The number of likely N-dealkylation sites (tertiary alicyclic amines) is 1. The maximum Gasteiger partial charge on any atom is 0.306 e. The number of esters is 1. The third-order valence-electron chi connectivity index (χ3n) is 6.39. The van der Waals surface area contributed by atoms with Gasteiger partial charge in [-0.15, -0.1) is 26.8 Å². The van der Waals surface area contributed by atoms with Crippen LogP contribution in [0.2, 0.25) is 0 Å². The SMILES string of the molecule is CCCC(=O)O[C@@H]1CCN([C@@H]2CCCC[C@H]2OCCc2ccc(OC)c(OC)c2)C1.PPP(P)P. The first kappa shape index (κ1) is 31.6. The van der Waals surface area contributed by atoms with Gasteiger partial charge in [-0.05, 0) is 56.8 Å². The number of ether oxygens (including phenoxy) is 4. The minimum atomic E-state index is -0.0595. The Labute approximate surface area is 221 Å². The van der Waals surface area contributed by atoms with Crippen LogP contribution in [0.3, 0.4) is 0 Å². The van der Waals surface area contributed by atoms with Crippen LogP contribution in [-0.2, 0) is 20.7 Å². The third-order valence-corrected chi connectivity index (χ3v) is 18.3. The lowest BCUT2D eigenvalue weighted by Crippen LogP contribution is -2.46. The molecule has 1 aromatic rings. The van der Waals surface area contributed by atoms with Crippen LogP contribution in [0.25, 0.3) is 0 Å². The number of benzene rings is 1. The summed E-state index contributed by atoms with van der Waals surface area (Å²) in [6.07, 6.45) is 8.17. The molecule has 0 amide bonds. The highest BCUT2D eigenvalue weighted by molar-refractivity contribution is 8.77. The van der Waals surface area contributed by atoms with E-state index in [9.17, 15) is 4.79 Å². The Hall–Kier alpha value is 0.360. The smallest absolute Gasteiger partial charge is 0.306 e. The molecule has 1 aliphatic carbocycles. The van der Waals surface area contributed by atoms with Gasteiger partial charge >= 0.3 is 5.97 Å². The van der Waals surface area contributed by atoms with Gasteiger partial charge in [-0.3, -0.25) is 9.69 Å². The predicted octanol–water partition coefficient (Wildman–Crippen LogP) is 6.42. The summed E-state index contributed by atoms with van der Waals surface area (Å²) in [5, 5.41) is 0. The van der Waals surface area contributed by atoms with Crippen molar-refractivity contribution in [2.24, 2.45) is 0 Å². The summed E-state index contributed by atoms with van der Waals surface area (Å²) in [7, 11) is 12.5. The molecule has 11 heteroatoms. The monoisotopic (exact) mass is 581 g/mol. The first-order chi connectivity index (χ1) is 16.9. The van der Waals surface area contributed by atoms with E-state index in [2.05, 4.69) is 37.8 Å². The van der Waals surface area contributed by atoms with Crippen molar-refractivity contribution < 1.29 is 23.7 Å². The van der Waals surface area contributed by atoms with Gasteiger partial charge in [-0.2, -0.15) is 0 Å². The summed E-state index contributed by atoms with van der Waals surface area (Å²) < 4.78 is 22.7. The first-order valence-corrected chi connectivity index (χ1v) is 20.7. The molecule has 0 aromatic heterocycles. The molecular weight excluding hydrogens is 537 g/mol. The van der Waals surface area contributed by atoms with Gasteiger partial charge in [0.25, 0.3) is 0 Å². The molecule has 1 aromatic carbocycles. The molecule has 1 saturated heterocycles. The Balaban J connectivity index is 0.000000784. The standard InChI is InChI=1S/C24H37NO5.H7P5/c1-4-7-24(26)30-19-12-14-25(17-19)20-8-5-6-9-21(20)29-15-13-18-10-11-22(27-2)23(16-18)28-3;1-4-5(2)3/h10-11,16,19-21H,4-9,12-15,17H2,1-3H3;4H,1-3H2/t19-,20-,21-;/m1./s1. The number of nitrogens with zero attached hydrogens (tertiary/aromatic N) is 1. The minimum absolute atomic E-state index is 0.0402. The van der Waals surface area contributed by atoms with E-state index in [0.29, 0.717) is 19.1 Å². The van der Waals surface area contributed by atoms with Crippen molar-refractivity contribution in [3.8, 4) is 11.5 Å². The van der Waals surface area contributed by atoms with E-state index in [-0.39, 0.29) is 25.2 Å². The fourth-order valence-corrected chi connectivity index (χ4v) is 4.65. The molecule has 7 atom stereocenters. The van der Waals surface area contributed by atoms with Crippen molar-refractivity contribution in [1.29, 1.82) is 0 Å². The Morgan fingerprint density at radius 2 is 1.86 bits per heavy atom. The van der Waals surface area contributed by atoms with E-state index in [4.69, 9.17) is 18.9 Å². The van der Waals surface area contributed by atoms with E-state index >= 15 is 0 Å². The molecule has 0 N–H and O–H groups in total. The van der Waals surface area contributed by atoms with Crippen LogP contribution in [-0.4, -0.2) is 63.0 Å². The molecule has 3 rings (SSSR count). The lowest BCUT2D eigenvalue weighted by Gasteiger charge is -2.37. The van der Waals surface area contributed by atoms with Crippen LogP contribution in [0.1, 0.15) is 57.4 Å². The van der Waals surface area contributed by atoms with Crippen molar-refractivity contribution in [3.05, 3.63) is 23.8 Å². The summed E-state index contributed by atoms with van der Waals surface area (Å²) in [4.78, 5) is 14.3. The van der Waals surface area contributed by atoms with Gasteiger partial charge in [0, 0.05) is 25.6 Å². The lowest BCUT2D eigenvalue weighted by atomic mass is 9.91. The van der Waals surface area contributed by atoms with Crippen LogP contribution in [0.4, 0.5) is 0 Å². The van der Waals surface area contributed by atoms with Gasteiger partial charge in [-0.1, -0.05) is 33.8 Å². The van der Waals surface area contributed by atoms with Crippen molar-refractivity contribution in [2.45, 2.75) is 76.5 Å². The molecule has 1 heterocycles. The molecule has 200 valence electrons. The van der Waals surface area contributed by atoms with E-state index in [0.717, 1.165) is 64.7 Å². The second-order valence-electron chi connectivity index (χ2n) is 8.88. The average Bonchev–Trinajstić information content (AvgIpc) is 3.32. The maximum atomic E-state index is 11.8.